The van der Waals surface area contributed by atoms with Crippen LogP contribution >= 0.6 is 0 Å². The highest BCUT2D eigenvalue weighted by molar-refractivity contribution is 5.11. The van der Waals surface area contributed by atoms with Crippen LogP contribution in [0.4, 0.5) is 4.39 Å². The van der Waals surface area contributed by atoms with E-state index in [4.69, 9.17) is 5.73 Å². The van der Waals surface area contributed by atoms with Crippen LogP contribution in [0.15, 0.2) is 30.9 Å². The molecule has 2 rings (SSSR count). The summed E-state index contributed by atoms with van der Waals surface area (Å²) >= 11 is 0. The Morgan fingerprint density at radius 3 is 3.00 bits per heavy atom. The van der Waals surface area contributed by atoms with E-state index in [9.17, 15) is 4.39 Å². The Balaban J connectivity index is 2.22. The lowest BCUT2D eigenvalue weighted by molar-refractivity contribution is 0.614. The van der Waals surface area contributed by atoms with Crippen LogP contribution in [0.1, 0.15) is 11.4 Å². The van der Waals surface area contributed by atoms with E-state index >= 15 is 0 Å². The fourth-order valence-corrected chi connectivity index (χ4v) is 1.41. The molecular formula is C10H11FN4. The van der Waals surface area contributed by atoms with Gasteiger partial charge in [-0.2, -0.15) is 0 Å². The molecule has 0 aliphatic carbocycles. The van der Waals surface area contributed by atoms with Crippen LogP contribution in [0.5, 0.6) is 0 Å². The van der Waals surface area contributed by atoms with Gasteiger partial charge in [-0.1, -0.05) is 0 Å². The highest BCUT2D eigenvalue weighted by Crippen LogP contribution is 2.05. The van der Waals surface area contributed by atoms with Gasteiger partial charge >= 0.3 is 0 Å². The minimum Gasteiger partial charge on any atom is -0.329 e. The molecule has 0 amide bonds. The maximum atomic E-state index is 12.9. The number of rotatable bonds is 3. The van der Waals surface area contributed by atoms with E-state index in [0.717, 1.165) is 11.4 Å². The number of hydrogen-bond donors (Lipinski definition) is 1. The predicted octanol–water partition coefficient (Wildman–Crippen LogP) is 0.924. The average molecular weight is 206 g/mol. The molecule has 0 fully saturated rings. The van der Waals surface area contributed by atoms with Crippen molar-refractivity contribution in [1.82, 2.24) is 14.5 Å². The molecule has 2 heterocycles. The summed E-state index contributed by atoms with van der Waals surface area (Å²) in [5.41, 5.74) is 6.30. The number of aromatic nitrogens is 3. The molecule has 0 saturated heterocycles. The molecule has 0 aromatic carbocycles. The molecule has 0 bridgehead atoms. The molecular weight excluding hydrogens is 195 g/mol. The second-order valence-corrected chi connectivity index (χ2v) is 3.19. The first-order valence-electron chi connectivity index (χ1n) is 4.59. The Bertz CT molecular complexity index is 452. The minimum atomic E-state index is -0.332. The monoisotopic (exact) mass is 206 g/mol. The summed E-state index contributed by atoms with van der Waals surface area (Å²) in [6.45, 7) is 0.910. The fourth-order valence-electron chi connectivity index (χ4n) is 1.41. The van der Waals surface area contributed by atoms with Gasteiger partial charge in [0.25, 0.3) is 0 Å². The summed E-state index contributed by atoms with van der Waals surface area (Å²) in [6.07, 6.45) is 6.30. The highest BCUT2D eigenvalue weighted by atomic mass is 19.1. The number of imidazole rings is 1. The van der Waals surface area contributed by atoms with Crippen molar-refractivity contribution in [2.75, 3.05) is 0 Å². The van der Waals surface area contributed by atoms with Gasteiger partial charge in [-0.15, -0.1) is 0 Å². The lowest BCUT2D eigenvalue weighted by atomic mass is 10.3. The third-order valence-electron chi connectivity index (χ3n) is 2.10. The number of pyridine rings is 1. The smallest absolute Gasteiger partial charge is 0.141 e. The van der Waals surface area contributed by atoms with Crippen molar-refractivity contribution in [2.45, 2.75) is 13.1 Å². The molecule has 0 spiro atoms. The van der Waals surface area contributed by atoms with E-state index in [2.05, 4.69) is 9.97 Å². The van der Waals surface area contributed by atoms with Gasteiger partial charge in [0.2, 0.25) is 0 Å². The van der Waals surface area contributed by atoms with E-state index in [-0.39, 0.29) is 5.82 Å². The normalized spacial score (nSPS) is 10.5. The predicted molar refractivity (Wildman–Crippen MR) is 53.4 cm³/mol. The van der Waals surface area contributed by atoms with Crippen molar-refractivity contribution in [3.8, 4) is 0 Å². The van der Waals surface area contributed by atoms with Crippen molar-refractivity contribution in [2.24, 2.45) is 5.73 Å². The number of hydrogen-bond acceptors (Lipinski definition) is 3. The van der Waals surface area contributed by atoms with Gasteiger partial charge in [-0.25, -0.2) is 9.37 Å². The van der Waals surface area contributed by atoms with Gasteiger partial charge in [0, 0.05) is 18.6 Å². The van der Waals surface area contributed by atoms with Gasteiger partial charge in [-0.3, -0.25) is 4.98 Å². The Kier molecular flexibility index (Phi) is 2.73. The minimum absolute atomic E-state index is 0.332. The first-order valence-corrected chi connectivity index (χ1v) is 4.59. The standard InChI is InChI=1S/C10H11FN4/c11-9-3-8(5-13-6-9)7-15-2-1-14-10(15)4-12/h1-3,5-6H,4,7,12H2. The second-order valence-electron chi connectivity index (χ2n) is 3.19. The number of halogens is 1. The Hall–Kier alpha value is -1.75. The van der Waals surface area contributed by atoms with Crippen LogP contribution in [0, 0.1) is 5.82 Å². The summed E-state index contributed by atoms with van der Waals surface area (Å²) < 4.78 is 14.7. The summed E-state index contributed by atoms with van der Waals surface area (Å²) in [5, 5.41) is 0. The summed E-state index contributed by atoms with van der Waals surface area (Å²) in [7, 11) is 0. The molecule has 78 valence electrons. The molecule has 2 aromatic rings. The largest absolute Gasteiger partial charge is 0.329 e. The van der Waals surface area contributed by atoms with Crippen molar-refractivity contribution >= 4 is 0 Å². The molecule has 5 heteroatoms. The summed E-state index contributed by atoms with van der Waals surface area (Å²) in [5.74, 6) is 0.446. The van der Waals surface area contributed by atoms with E-state index < -0.39 is 0 Å². The zero-order valence-electron chi connectivity index (χ0n) is 8.10. The topological polar surface area (TPSA) is 56.7 Å². The van der Waals surface area contributed by atoms with Crippen molar-refractivity contribution in [3.63, 3.8) is 0 Å². The fraction of sp³-hybridized carbons (Fsp3) is 0.200. The molecule has 2 aromatic heterocycles. The number of nitrogens with zero attached hydrogens (tertiary/aromatic N) is 3. The van der Waals surface area contributed by atoms with Crippen LogP contribution in [0.25, 0.3) is 0 Å². The van der Waals surface area contributed by atoms with Gasteiger partial charge in [-0.05, 0) is 11.6 Å². The van der Waals surface area contributed by atoms with Crippen LogP contribution in [0.2, 0.25) is 0 Å². The van der Waals surface area contributed by atoms with E-state index in [0.29, 0.717) is 13.1 Å². The Labute approximate surface area is 86.6 Å². The number of nitrogens with two attached hydrogens (primary N) is 1. The molecule has 0 atom stereocenters. The molecule has 0 saturated carbocycles. The third-order valence-corrected chi connectivity index (χ3v) is 2.10. The summed E-state index contributed by atoms with van der Waals surface area (Å²) in [6, 6.07) is 1.45. The van der Waals surface area contributed by atoms with Gasteiger partial charge in [0.05, 0.1) is 19.3 Å². The van der Waals surface area contributed by atoms with Crippen LogP contribution in [0.3, 0.4) is 0 Å². The molecule has 2 N–H and O–H groups in total. The highest BCUT2D eigenvalue weighted by Gasteiger charge is 2.02. The first kappa shape index (κ1) is 9.79. The average Bonchev–Trinajstić information content (AvgIpc) is 2.65. The Morgan fingerprint density at radius 1 is 1.40 bits per heavy atom. The van der Waals surface area contributed by atoms with E-state index in [1.165, 1.54) is 12.3 Å². The summed E-state index contributed by atoms with van der Waals surface area (Å²) in [4.78, 5) is 7.86. The second kappa shape index (κ2) is 4.18. The van der Waals surface area contributed by atoms with Gasteiger partial charge in [0.1, 0.15) is 11.6 Å². The molecule has 4 nitrogen and oxygen atoms in total. The molecule has 0 aliphatic rings. The van der Waals surface area contributed by atoms with E-state index in [1.54, 1.807) is 12.4 Å². The lowest BCUT2D eigenvalue weighted by Gasteiger charge is -2.05. The van der Waals surface area contributed by atoms with Crippen molar-refractivity contribution in [3.05, 3.63) is 48.1 Å². The molecule has 0 aliphatic heterocycles. The van der Waals surface area contributed by atoms with Crippen molar-refractivity contribution in [1.29, 1.82) is 0 Å². The van der Waals surface area contributed by atoms with Gasteiger partial charge < -0.3 is 10.3 Å². The SMILES string of the molecule is NCc1nccn1Cc1cncc(F)c1. The van der Waals surface area contributed by atoms with Crippen LogP contribution in [-0.2, 0) is 13.1 Å². The van der Waals surface area contributed by atoms with Gasteiger partial charge in [0.15, 0.2) is 0 Å². The third kappa shape index (κ3) is 2.19. The lowest BCUT2D eigenvalue weighted by Crippen LogP contribution is -2.09. The molecule has 15 heavy (non-hydrogen) atoms. The van der Waals surface area contributed by atoms with Crippen molar-refractivity contribution < 1.29 is 4.39 Å². The molecule has 0 unspecified atom stereocenters. The Morgan fingerprint density at radius 2 is 2.27 bits per heavy atom. The first-order chi connectivity index (χ1) is 7.29. The maximum absolute atomic E-state index is 12.9. The zero-order valence-corrected chi connectivity index (χ0v) is 8.10. The molecule has 0 radical (unpaired) electrons. The maximum Gasteiger partial charge on any atom is 0.141 e. The zero-order chi connectivity index (χ0) is 10.7. The van der Waals surface area contributed by atoms with Crippen LogP contribution < -0.4 is 5.73 Å². The van der Waals surface area contributed by atoms with Crippen LogP contribution in [-0.4, -0.2) is 14.5 Å². The van der Waals surface area contributed by atoms with E-state index in [1.807, 2.05) is 10.8 Å². The quantitative estimate of drug-likeness (QED) is 0.812.